The molecule has 0 fully saturated rings. The Morgan fingerprint density at radius 2 is 1.83 bits per heavy atom. The van der Waals surface area contributed by atoms with Crippen LogP contribution in [0.1, 0.15) is 21.7 Å². The van der Waals surface area contributed by atoms with Gasteiger partial charge in [-0.05, 0) is 55.0 Å². The number of aliphatic hydroxyl groups excluding tert-OH is 1. The molecule has 11 nitrogen and oxygen atoms in total. The van der Waals surface area contributed by atoms with Crippen LogP contribution in [0.25, 0.3) is 17.1 Å². The number of benzene rings is 2. The van der Waals surface area contributed by atoms with Crippen LogP contribution in [0.3, 0.4) is 0 Å². The van der Waals surface area contributed by atoms with E-state index in [1.807, 2.05) is 6.92 Å². The van der Waals surface area contributed by atoms with E-state index in [0.717, 1.165) is 14.8 Å². The molecule has 15 heteroatoms. The highest BCUT2D eigenvalue weighted by Gasteiger charge is 2.39. The Hall–Kier alpha value is -4.82. The van der Waals surface area contributed by atoms with Gasteiger partial charge in [0.25, 0.3) is 5.91 Å². The van der Waals surface area contributed by atoms with Crippen LogP contribution in [0, 0.1) is 6.92 Å². The summed E-state index contributed by atoms with van der Waals surface area (Å²) >= 11 is 5.93. The fraction of sp³-hybridized carbons (Fsp3) is 0.185. The molecule has 1 amide bonds. The van der Waals surface area contributed by atoms with Crippen molar-refractivity contribution in [3.63, 3.8) is 0 Å². The fourth-order valence-corrected chi connectivity index (χ4v) is 4.23. The van der Waals surface area contributed by atoms with Crippen LogP contribution in [-0.2, 0) is 13.1 Å². The third-order valence-corrected chi connectivity index (χ3v) is 6.37. The second kappa shape index (κ2) is 11.6. The van der Waals surface area contributed by atoms with E-state index >= 15 is 0 Å². The Morgan fingerprint density at radius 3 is 2.55 bits per heavy atom. The molecule has 0 aliphatic rings. The van der Waals surface area contributed by atoms with Gasteiger partial charge in [0.2, 0.25) is 0 Å². The number of aliphatic hydroxyl groups is 1. The van der Waals surface area contributed by atoms with Gasteiger partial charge in [0.1, 0.15) is 12.9 Å². The number of nitrogens with one attached hydrogen (secondary N) is 1. The van der Waals surface area contributed by atoms with Crippen molar-refractivity contribution in [3.05, 3.63) is 106 Å². The number of para-hydroxylation sites is 1. The van der Waals surface area contributed by atoms with E-state index in [0.29, 0.717) is 22.0 Å². The predicted octanol–water partition coefficient (Wildman–Crippen LogP) is 3.87. The average molecular weight is 599 g/mol. The lowest BCUT2D eigenvalue weighted by Crippen LogP contribution is -2.37. The minimum atomic E-state index is -4.95. The van der Waals surface area contributed by atoms with Crippen LogP contribution in [0.2, 0.25) is 5.02 Å². The van der Waals surface area contributed by atoms with Crippen LogP contribution in [0.4, 0.5) is 18.9 Å². The summed E-state index contributed by atoms with van der Waals surface area (Å²) in [5.74, 6) is -0.424. The molecule has 2 aromatic carbocycles. The summed E-state index contributed by atoms with van der Waals surface area (Å²) in [5.41, 5.74) is 1.45. The number of nitrogens with zero attached hydrogens (tertiary/aromatic N) is 7. The molecule has 0 aliphatic carbocycles. The van der Waals surface area contributed by atoms with E-state index in [-0.39, 0.29) is 23.8 Å². The molecule has 0 bridgehead atoms. The maximum absolute atomic E-state index is 13.2. The van der Waals surface area contributed by atoms with Gasteiger partial charge in [-0.2, -0.15) is 13.2 Å². The highest BCUT2D eigenvalue weighted by atomic mass is 35.5. The van der Waals surface area contributed by atoms with E-state index < -0.39 is 30.4 Å². The minimum absolute atomic E-state index is 0.0962. The van der Waals surface area contributed by atoms with Crippen molar-refractivity contribution in [2.45, 2.75) is 32.3 Å². The highest BCUT2D eigenvalue weighted by Crippen LogP contribution is 2.24. The Morgan fingerprint density at radius 1 is 1.10 bits per heavy atom. The Bertz CT molecular complexity index is 1800. The lowest BCUT2D eigenvalue weighted by molar-refractivity contribution is -0.207. The number of alkyl halides is 3. The molecule has 3 heterocycles. The van der Waals surface area contributed by atoms with E-state index in [1.165, 1.54) is 41.5 Å². The maximum Gasteiger partial charge on any atom is 0.416 e. The Kier molecular flexibility index (Phi) is 7.91. The van der Waals surface area contributed by atoms with Crippen molar-refractivity contribution in [2.75, 3.05) is 5.32 Å². The largest absolute Gasteiger partial charge is 0.416 e. The standard InChI is InChI=1S/C27H22ClF3N8O3/c1-16-10-19(12-32-11-16)34-25(41)20-4-2-3-5-21(20)39-15-33-23(35-39)14-38-26(42)37(13-22(40)27(29,30)31)24(36-38)17-6-8-18(28)9-7-17/h2-12,15,22,40H,13-14H2,1H3,(H,34,41)/t22-/m0/s1. The molecular weight excluding hydrogens is 577 g/mol. The zero-order chi connectivity index (χ0) is 30.0. The summed E-state index contributed by atoms with van der Waals surface area (Å²) in [6.45, 7) is 0.477. The number of hydrogen-bond acceptors (Lipinski definition) is 7. The molecule has 42 heavy (non-hydrogen) atoms. The summed E-state index contributed by atoms with van der Waals surface area (Å²) in [5, 5.41) is 21.4. The van der Waals surface area contributed by atoms with Gasteiger partial charge in [0.15, 0.2) is 17.8 Å². The predicted molar refractivity (Wildman–Crippen MR) is 146 cm³/mol. The van der Waals surface area contributed by atoms with Crippen molar-refractivity contribution in [1.29, 1.82) is 0 Å². The van der Waals surface area contributed by atoms with Gasteiger partial charge < -0.3 is 10.4 Å². The highest BCUT2D eigenvalue weighted by molar-refractivity contribution is 6.30. The van der Waals surface area contributed by atoms with Gasteiger partial charge in [-0.3, -0.25) is 14.3 Å². The number of rotatable bonds is 8. The molecule has 0 spiro atoms. The Balaban J connectivity index is 1.44. The van der Waals surface area contributed by atoms with Gasteiger partial charge in [0.05, 0.1) is 29.7 Å². The minimum Gasteiger partial charge on any atom is -0.382 e. The summed E-state index contributed by atoms with van der Waals surface area (Å²) in [6.07, 6.45) is -3.23. The Labute approximate surface area is 240 Å². The molecule has 0 aliphatic heterocycles. The lowest BCUT2D eigenvalue weighted by atomic mass is 10.1. The van der Waals surface area contributed by atoms with Gasteiger partial charge in [-0.15, -0.1) is 10.2 Å². The van der Waals surface area contributed by atoms with Crippen molar-refractivity contribution >= 4 is 23.2 Å². The number of hydrogen-bond donors (Lipinski definition) is 2. The van der Waals surface area contributed by atoms with Crippen molar-refractivity contribution in [2.24, 2.45) is 0 Å². The second-order valence-corrected chi connectivity index (χ2v) is 9.70. The SMILES string of the molecule is Cc1cncc(NC(=O)c2ccccc2-n2cnc(Cn3nc(-c4ccc(Cl)cc4)n(C[C@H](O)C(F)(F)F)c3=O)n2)c1. The number of anilines is 1. The normalized spacial score (nSPS) is 12.3. The van der Waals surface area contributed by atoms with Crippen LogP contribution >= 0.6 is 11.6 Å². The van der Waals surface area contributed by atoms with Crippen LogP contribution in [0.5, 0.6) is 0 Å². The molecule has 3 aromatic heterocycles. The molecule has 2 N–H and O–H groups in total. The number of aryl methyl sites for hydroxylation is 1. The first-order valence-electron chi connectivity index (χ1n) is 12.4. The molecule has 216 valence electrons. The lowest BCUT2D eigenvalue weighted by Gasteiger charge is -2.15. The molecule has 0 radical (unpaired) electrons. The molecule has 5 aromatic rings. The summed E-state index contributed by atoms with van der Waals surface area (Å²) < 4.78 is 42.4. The number of aromatic nitrogens is 7. The maximum atomic E-state index is 13.2. The van der Waals surface area contributed by atoms with Crippen LogP contribution < -0.4 is 11.0 Å². The van der Waals surface area contributed by atoms with E-state index in [2.05, 4.69) is 25.5 Å². The van der Waals surface area contributed by atoms with Gasteiger partial charge in [0, 0.05) is 16.8 Å². The van der Waals surface area contributed by atoms with Gasteiger partial charge >= 0.3 is 11.9 Å². The van der Waals surface area contributed by atoms with E-state index in [1.54, 1.807) is 36.5 Å². The van der Waals surface area contributed by atoms with E-state index in [4.69, 9.17) is 11.6 Å². The summed E-state index contributed by atoms with van der Waals surface area (Å²) in [4.78, 5) is 34.5. The first kappa shape index (κ1) is 28.7. The van der Waals surface area contributed by atoms with Crippen LogP contribution in [-0.4, -0.2) is 57.4 Å². The van der Waals surface area contributed by atoms with Gasteiger partial charge in [-0.1, -0.05) is 23.7 Å². The first-order valence-corrected chi connectivity index (χ1v) is 12.8. The summed E-state index contributed by atoms with van der Waals surface area (Å²) in [7, 11) is 0. The van der Waals surface area contributed by atoms with Gasteiger partial charge in [-0.25, -0.2) is 19.1 Å². The fourth-order valence-electron chi connectivity index (χ4n) is 4.10. The number of carbonyl (C=O) groups is 1. The monoisotopic (exact) mass is 598 g/mol. The van der Waals surface area contributed by atoms with Crippen molar-refractivity contribution in [1.82, 2.24) is 34.1 Å². The quantitative estimate of drug-likeness (QED) is 0.277. The molecule has 0 unspecified atom stereocenters. The molecular formula is C27H22ClF3N8O3. The average Bonchev–Trinajstić information content (AvgIpc) is 3.53. The number of halogens is 4. The summed E-state index contributed by atoms with van der Waals surface area (Å²) in [6, 6.07) is 14.4. The van der Waals surface area contributed by atoms with E-state index in [9.17, 15) is 27.9 Å². The number of amides is 1. The molecule has 1 atom stereocenters. The first-order chi connectivity index (χ1) is 20.0. The van der Waals surface area contributed by atoms with Crippen molar-refractivity contribution < 1.29 is 23.1 Å². The molecule has 5 rings (SSSR count). The molecule has 0 saturated heterocycles. The molecule has 0 saturated carbocycles. The third kappa shape index (κ3) is 6.24. The third-order valence-electron chi connectivity index (χ3n) is 6.12. The smallest absolute Gasteiger partial charge is 0.382 e. The number of pyridine rings is 1. The zero-order valence-corrected chi connectivity index (χ0v) is 22.6. The van der Waals surface area contributed by atoms with Crippen molar-refractivity contribution in [3.8, 4) is 17.1 Å². The van der Waals surface area contributed by atoms with Crippen LogP contribution in [0.15, 0.2) is 78.1 Å². The second-order valence-electron chi connectivity index (χ2n) is 9.27. The zero-order valence-electron chi connectivity index (χ0n) is 21.8. The topological polar surface area (TPSA) is 133 Å². The number of carbonyl (C=O) groups excluding carboxylic acids is 1.